The summed E-state index contributed by atoms with van der Waals surface area (Å²) >= 11 is 0. The van der Waals surface area contributed by atoms with E-state index >= 15 is 0 Å². The zero-order valence-electron chi connectivity index (χ0n) is 38.0. The number of esters is 3. The van der Waals surface area contributed by atoms with Crippen molar-refractivity contribution in [1.29, 1.82) is 0 Å². The summed E-state index contributed by atoms with van der Waals surface area (Å²) in [5, 5.41) is 0. The van der Waals surface area contributed by atoms with Gasteiger partial charge >= 0.3 is 17.9 Å². The predicted octanol–water partition coefficient (Wildman–Crippen LogP) is 15.4. The minimum atomic E-state index is -0.779. The summed E-state index contributed by atoms with van der Waals surface area (Å²) in [5.74, 6) is -0.942. The van der Waals surface area contributed by atoms with Gasteiger partial charge in [-0.3, -0.25) is 14.4 Å². The number of hydrogen-bond acceptors (Lipinski definition) is 6. The first-order chi connectivity index (χ1) is 29.0. The maximum atomic E-state index is 12.5. The molecule has 0 saturated carbocycles. The third-order valence-corrected chi connectivity index (χ3v) is 9.60. The van der Waals surface area contributed by atoms with E-state index in [1.165, 1.54) is 38.5 Å². The molecule has 6 heteroatoms. The minimum absolute atomic E-state index is 0.0863. The Morgan fingerprint density at radius 1 is 0.356 bits per heavy atom. The standard InChI is InChI=1S/C53H86O6/c1-4-7-10-13-16-17-18-19-20-21-22-23-24-25-26-27-28-29-30-31-32-33-34-35-36-37-38-41-43-46-52(55)58-49-50(59-53(56)47-44-40-15-12-9-6-3)48-57-51(54)45-42-39-14-11-8-5-2/h7,10,16-17,19-20,22-23,25-26,28-29,31-32,34-35,50H,4-6,8-9,11-15,18,21,24,27,30,33,36-49H2,1-3H3/b10-7-,17-16-,20-19-,23-22-,26-25-,29-28-,32-31-,35-34-. The molecule has 0 fully saturated rings. The highest BCUT2D eigenvalue weighted by Gasteiger charge is 2.19. The van der Waals surface area contributed by atoms with Crippen LogP contribution in [0.1, 0.15) is 201 Å². The summed E-state index contributed by atoms with van der Waals surface area (Å²) in [5.41, 5.74) is 0. The Morgan fingerprint density at radius 3 is 1.03 bits per heavy atom. The van der Waals surface area contributed by atoms with Crippen LogP contribution in [0.25, 0.3) is 0 Å². The van der Waals surface area contributed by atoms with Crippen molar-refractivity contribution in [3.63, 3.8) is 0 Å². The van der Waals surface area contributed by atoms with E-state index < -0.39 is 6.10 Å². The monoisotopic (exact) mass is 819 g/mol. The first kappa shape index (κ1) is 55.3. The predicted molar refractivity (Wildman–Crippen MR) is 251 cm³/mol. The number of unbranched alkanes of at least 4 members (excludes halogenated alkanes) is 14. The molecule has 0 aliphatic carbocycles. The van der Waals surface area contributed by atoms with Gasteiger partial charge in [0.05, 0.1) is 0 Å². The Kier molecular flexibility index (Phi) is 44.1. The molecule has 0 aliphatic rings. The number of ether oxygens (including phenoxy) is 3. The van der Waals surface area contributed by atoms with E-state index in [-0.39, 0.29) is 31.1 Å². The van der Waals surface area contributed by atoms with E-state index in [4.69, 9.17) is 14.2 Å². The van der Waals surface area contributed by atoms with Crippen molar-refractivity contribution >= 4 is 17.9 Å². The van der Waals surface area contributed by atoms with E-state index in [9.17, 15) is 14.4 Å². The van der Waals surface area contributed by atoms with Crippen molar-refractivity contribution in [3.05, 3.63) is 97.2 Å². The van der Waals surface area contributed by atoms with Crippen molar-refractivity contribution < 1.29 is 28.6 Å². The fraction of sp³-hybridized carbons (Fsp3) is 0.642. The summed E-state index contributed by atoms with van der Waals surface area (Å²) in [6, 6.07) is 0. The van der Waals surface area contributed by atoms with Gasteiger partial charge in [0.25, 0.3) is 0 Å². The smallest absolute Gasteiger partial charge is 0.306 e. The van der Waals surface area contributed by atoms with Gasteiger partial charge in [0, 0.05) is 19.3 Å². The molecular formula is C53H86O6. The molecule has 334 valence electrons. The number of hydrogen-bond donors (Lipinski definition) is 0. The van der Waals surface area contributed by atoms with Crippen LogP contribution in [-0.2, 0) is 28.6 Å². The third-order valence-electron chi connectivity index (χ3n) is 9.60. The molecule has 0 amide bonds. The summed E-state index contributed by atoms with van der Waals surface area (Å²) in [6.07, 6.45) is 61.6. The Hall–Kier alpha value is -3.67. The topological polar surface area (TPSA) is 78.9 Å². The first-order valence-electron chi connectivity index (χ1n) is 23.7. The van der Waals surface area contributed by atoms with E-state index in [2.05, 4.69) is 118 Å². The van der Waals surface area contributed by atoms with Gasteiger partial charge in [0.15, 0.2) is 6.10 Å². The molecule has 0 aromatic rings. The van der Waals surface area contributed by atoms with Crippen LogP contribution in [0.5, 0.6) is 0 Å². The zero-order chi connectivity index (χ0) is 43.0. The molecule has 0 bridgehead atoms. The van der Waals surface area contributed by atoms with E-state index in [1.807, 2.05) is 0 Å². The van der Waals surface area contributed by atoms with Gasteiger partial charge in [-0.25, -0.2) is 0 Å². The average Bonchev–Trinajstić information content (AvgIpc) is 3.23. The maximum absolute atomic E-state index is 12.5. The molecule has 0 aliphatic heterocycles. The lowest BCUT2D eigenvalue weighted by molar-refractivity contribution is -0.167. The normalized spacial score (nSPS) is 12.9. The molecule has 0 saturated heterocycles. The van der Waals surface area contributed by atoms with Crippen LogP contribution in [0.2, 0.25) is 0 Å². The van der Waals surface area contributed by atoms with E-state index in [0.29, 0.717) is 19.3 Å². The molecule has 0 heterocycles. The summed E-state index contributed by atoms with van der Waals surface area (Å²) in [6.45, 7) is 6.35. The first-order valence-corrected chi connectivity index (χ1v) is 23.7. The minimum Gasteiger partial charge on any atom is -0.462 e. The molecule has 59 heavy (non-hydrogen) atoms. The van der Waals surface area contributed by atoms with Gasteiger partial charge in [0.2, 0.25) is 0 Å². The Labute approximate surface area is 362 Å². The Morgan fingerprint density at radius 2 is 0.661 bits per heavy atom. The zero-order valence-corrected chi connectivity index (χ0v) is 38.0. The van der Waals surface area contributed by atoms with Crippen molar-refractivity contribution in [2.75, 3.05) is 13.2 Å². The summed E-state index contributed by atoms with van der Waals surface area (Å²) < 4.78 is 16.5. The maximum Gasteiger partial charge on any atom is 0.306 e. The van der Waals surface area contributed by atoms with Crippen molar-refractivity contribution in [1.82, 2.24) is 0 Å². The second-order valence-electron chi connectivity index (χ2n) is 15.3. The molecule has 0 radical (unpaired) electrons. The van der Waals surface area contributed by atoms with Crippen LogP contribution in [0.15, 0.2) is 97.2 Å². The molecule has 0 aromatic carbocycles. The van der Waals surface area contributed by atoms with E-state index in [1.54, 1.807) is 0 Å². The van der Waals surface area contributed by atoms with Gasteiger partial charge in [-0.2, -0.15) is 0 Å². The van der Waals surface area contributed by atoms with Crippen molar-refractivity contribution in [3.8, 4) is 0 Å². The fourth-order valence-electron chi connectivity index (χ4n) is 6.04. The van der Waals surface area contributed by atoms with Crippen LogP contribution < -0.4 is 0 Å². The van der Waals surface area contributed by atoms with Gasteiger partial charge in [0.1, 0.15) is 13.2 Å². The number of allylic oxidation sites excluding steroid dienone is 16. The number of rotatable bonds is 41. The molecule has 0 N–H and O–H groups in total. The number of carbonyl (C=O) groups excluding carboxylic acids is 3. The summed E-state index contributed by atoms with van der Waals surface area (Å²) in [7, 11) is 0. The van der Waals surface area contributed by atoms with Gasteiger partial charge in [-0.15, -0.1) is 0 Å². The lowest BCUT2D eigenvalue weighted by Gasteiger charge is -2.18. The summed E-state index contributed by atoms with van der Waals surface area (Å²) in [4.78, 5) is 37.3. The van der Waals surface area contributed by atoms with Crippen LogP contribution in [0.3, 0.4) is 0 Å². The van der Waals surface area contributed by atoms with Crippen LogP contribution in [0, 0.1) is 0 Å². The quantitative estimate of drug-likeness (QED) is 0.0265. The van der Waals surface area contributed by atoms with Crippen molar-refractivity contribution in [2.24, 2.45) is 0 Å². The highest BCUT2D eigenvalue weighted by Crippen LogP contribution is 2.12. The molecule has 6 nitrogen and oxygen atoms in total. The number of carbonyl (C=O) groups is 3. The van der Waals surface area contributed by atoms with E-state index in [0.717, 1.165) is 122 Å². The van der Waals surface area contributed by atoms with Crippen LogP contribution in [0.4, 0.5) is 0 Å². The molecule has 0 rings (SSSR count). The fourth-order valence-corrected chi connectivity index (χ4v) is 6.04. The molecule has 0 spiro atoms. The Balaban J connectivity index is 4.10. The lowest BCUT2D eigenvalue weighted by Crippen LogP contribution is -2.30. The van der Waals surface area contributed by atoms with Crippen molar-refractivity contribution in [2.45, 2.75) is 207 Å². The lowest BCUT2D eigenvalue weighted by atomic mass is 10.1. The molecule has 1 atom stereocenters. The molecule has 0 aromatic heterocycles. The highest BCUT2D eigenvalue weighted by atomic mass is 16.6. The average molecular weight is 819 g/mol. The Bertz CT molecular complexity index is 1220. The van der Waals surface area contributed by atoms with Crippen LogP contribution >= 0.6 is 0 Å². The largest absolute Gasteiger partial charge is 0.462 e. The highest BCUT2D eigenvalue weighted by molar-refractivity contribution is 5.71. The van der Waals surface area contributed by atoms with Gasteiger partial charge < -0.3 is 14.2 Å². The second-order valence-corrected chi connectivity index (χ2v) is 15.3. The second kappa shape index (κ2) is 47.0. The molecular weight excluding hydrogens is 733 g/mol. The van der Waals surface area contributed by atoms with Gasteiger partial charge in [-0.1, -0.05) is 195 Å². The van der Waals surface area contributed by atoms with Gasteiger partial charge in [-0.05, 0) is 83.5 Å². The SMILES string of the molecule is CC/C=C\C/C=C\C/C=C\C/C=C\C/C=C\C/C=C\C/C=C\C/C=C\CCCCCCC(=O)OCC(COC(=O)CCCCCCCC)OC(=O)CCCCCCCC. The van der Waals surface area contributed by atoms with Crippen LogP contribution in [-0.4, -0.2) is 37.2 Å². The third kappa shape index (κ3) is 45.3. The molecule has 1 unspecified atom stereocenters.